The molecule has 3 unspecified atom stereocenters. The quantitative estimate of drug-likeness (QED) is 0.214. The summed E-state index contributed by atoms with van der Waals surface area (Å²) in [6.07, 6.45) is 6.88. The van der Waals surface area contributed by atoms with Crippen LogP contribution in [0.2, 0.25) is 0 Å². The first kappa shape index (κ1) is 35.9. The lowest BCUT2D eigenvalue weighted by molar-refractivity contribution is -0.136. The summed E-state index contributed by atoms with van der Waals surface area (Å²) in [5.41, 5.74) is 8.21. The van der Waals surface area contributed by atoms with Crippen LogP contribution in [0.15, 0.2) is 91.0 Å². The number of aromatic hydroxyl groups is 1. The third kappa shape index (κ3) is 6.48. The van der Waals surface area contributed by atoms with Crippen LogP contribution in [0.1, 0.15) is 99.8 Å². The lowest BCUT2D eigenvalue weighted by Gasteiger charge is -2.53. The molecule has 11 rings (SSSR count). The number of anilines is 2. The van der Waals surface area contributed by atoms with Crippen molar-refractivity contribution in [1.29, 1.82) is 0 Å². The fourth-order valence-corrected chi connectivity index (χ4v) is 11.0. The molecule has 0 aromatic heterocycles. The lowest BCUT2D eigenvalue weighted by Crippen LogP contribution is -2.63. The Balaban J connectivity index is 0.767. The van der Waals surface area contributed by atoms with Gasteiger partial charge in [-0.1, -0.05) is 48.5 Å². The van der Waals surface area contributed by atoms with Crippen molar-refractivity contribution in [3.05, 3.63) is 124 Å². The van der Waals surface area contributed by atoms with Crippen LogP contribution in [0.4, 0.5) is 11.4 Å². The van der Waals surface area contributed by atoms with Gasteiger partial charge in [-0.05, 0) is 121 Å². The number of hydrogen-bond donors (Lipinski definition) is 2. The van der Waals surface area contributed by atoms with Gasteiger partial charge in [0.25, 0.3) is 11.8 Å². The van der Waals surface area contributed by atoms with E-state index in [-0.39, 0.29) is 24.7 Å². The number of carbonyl (C=O) groups is 4. The van der Waals surface area contributed by atoms with Gasteiger partial charge in [-0.25, -0.2) is 0 Å². The number of carbonyl (C=O) groups excluding carboxylic acids is 4. The van der Waals surface area contributed by atoms with E-state index in [2.05, 4.69) is 80.7 Å². The zero-order valence-electron chi connectivity index (χ0n) is 32.2. The monoisotopic (exact) mass is 763 g/mol. The number of rotatable bonds is 7. The van der Waals surface area contributed by atoms with Crippen LogP contribution in [0.25, 0.3) is 0 Å². The standard InChI is InChI=1S/C47H49N5O5/c53-37-14-17-39-32(24-37)8-15-38(30-4-2-1-3-5-30)44(39)31-6-9-33(10-7-31)49-22-20-29(21-23-49)26-50-27-36-12-11-35(50)28-51(36)34-13-16-40-41(25-34)47(57)52(46(40)56)42-18-19-43(54)48-45(42)55/h1-7,9-10,13-14,16-17,24-25,29,35-36,38,42,44,53H,8,11-12,15,18-23,26-28H2,(H,48,54,55)/t35?,36?,38-,42?,44+/m1/s1. The van der Waals surface area contributed by atoms with Gasteiger partial charge in [0, 0.05) is 68.5 Å². The molecule has 4 amide bonds. The molecular formula is C47H49N5O5. The maximum atomic E-state index is 13.5. The average molecular weight is 764 g/mol. The molecule has 6 aliphatic heterocycles. The van der Waals surface area contributed by atoms with Crippen molar-refractivity contribution >= 4 is 35.0 Å². The number of amides is 4. The van der Waals surface area contributed by atoms with Crippen molar-refractivity contribution < 1.29 is 24.3 Å². The second kappa shape index (κ2) is 14.5. The fourth-order valence-electron chi connectivity index (χ4n) is 11.0. The van der Waals surface area contributed by atoms with E-state index in [0.717, 1.165) is 69.0 Å². The van der Waals surface area contributed by atoms with E-state index in [1.807, 2.05) is 24.3 Å². The minimum absolute atomic E-state index is 0.107. The molecular weight excluding hydrogens is 715 g/mol. The molecule has 5 saturated heterocycles. The van der Waals surface area contributed by atoms with Gasteiger partial charge in [-0.15, -0.1) is 0 Å². The van der Waals surface area contributed by atoms with Crippen LogP contribution in [-0.2, 0) is 16.0 Å². The molecule has 5 fully saturated rings. The van der Waals surface area contributed by atoms with E-state index >= 15 is 0 Å². The minimum atomic E-state index is -0.957. The van der Waals surface area contributed by atoms with Crippen LogP contribution < -0.4 is 15.1 Å². The number of piperazine rings is 1. The largest absolute Gasteiger partial charge is 0.508 e. The smallest absolute Gasteiger partial charge is 0.262 e. The summed E-state index contributed by atoms with van der Waals surface area (Å²) in [4.78, 5) is 59.7. The van der Waals surface area contributed by atoms with Crippen molar-refractivity contribution in [1.82, 2.24) is 15.1 Å². The minimum Gasteiger partial charge on any atom is -0.508 e. The van der Waals surface area contributed by atoms with Gasteiger partial charge >= 0.3 is 0 Å². The Morgan fingerprint density at radius 1 is 0.667 bits per heavy atom. The number of fused-ring (bicyclic) bond motifs is 5. The summed E-state index contributed by atoms with van der Waals surface area (Å²) in [6, 6.07) is 31.5. The molecule has 4 aromatic rings. The molecule has 292 valence electrons. The predicted molar refractivity (Wildman–Crippen MR) is 218 cm³/mol. The Labute approximate surface area is 333 Å². The van der Waals surface area contributed by atoms with Crippen molar-refractivity contribution in [2.24, 2.45) is 5.92 Å². The molecule has 10 nitrogen and oxygen atoms in total. The van der Waals surface area contributed by atoms with Crippen molar-refractivity contribution in [2.75, 3.05) is 42.5 Å². The van der Waals surface area contributed by atoms with E-state index in [1.54, 1.807) is 6.07 Å². The van der Waals surface area contributed by atoms with Crippen LogP contribution in [0, 0.1) is 5.92 Å². The van der Waals surface area contributed by atoms with Crippen LogP contribution >= 0.6 is 0 Å². The molecule has 0 spiro atoms. The first-order valence-corrected chi connectivity index (χ1v) is 20.9. The van der Waals surface area contributed by atoms with Gasteiger partial charge in [0.1, 0.15) is 11.8 Å². The molecule has 5 atom stereocenters. The third-order valence-corrected chi connectivity index (χ3v) is 13.9. The average Bonchev–Trinajstić information content (AvgIpc) is 3.49. The van der Waals surface area contributed by atoms with Gasteiger partial charge in [-0.3, -0.25) is 34.3 Å². The molecule has 4 aromatic carbocycles. The van der Waals surface area contributed by atoms with Crippen molar-refractivity contribution in [3.63, 3.8) is 0 Å². The summed E-state index contributed by atoms with van der Waals surface area (Å²) in [5, 5.41) is 12.5. The fraction of sp³-hybridized carbons (Fsp3) is 0.404. The molecule has 6 heterocycles. The molecule has 57 heavy (non-hydrogen) atoms. The Bertz CT molecular complexity index is 2230. The maximum absolute atomic E-state index is 13.5. The van der Waals surface area contributed by atoms with E-state index in [9.17, 15) is 24.3 Å². The predicted octanol–water partition coefficient (Wildman–Crippen LogP) is 6.22. The number of hydrogen-bond acceptors (Lipinski definition) is 8. The van der Waals surface area contributed by atoms with Crippen LogP contribution in [0.3, 0.4) is 0 Å². The van der Waals surface area contributed by atoms with Gasteiger partial charge in [0.2, 0.25) is 11.8 Å². The number of imide groups is 2. The maximum Gasteiger partial charge on any atom is 0.262 e. The second-order valence-electron chi connectivity index (χ2n) is 17.1. The Morgan fingerprint density at radius 2 is 1.42 bits per heavy atom. The topological polar surface area (TPSA) is 114 Å². The van der Waals surface area contributed by atoms with Gasteiger partial charge in [0.15, 0.2) is 0 Å². The number of nitrogens with zero attached hydrogens (tertiary/aromatic N) is 4. The summed E-state index contributed by atoms with van der Waals surface area (Å²) < 4.78 is 0. The summed E-state index contributed by atoms with van der Waals surface area (Å²) >= 11 is 0. The number of phenolic OH excluding ortho intramolecular Hbond substituents is 1. The molecule has 10 heteroatoms. The lowest BCUT2D eigenvalue weighted by atomic mass is 9.69. The highest BCUT2D eigenvalue weighted by Crippen LogP contribution is 2.47. The van der Waals surface area contributed by atoms with Crippen molar-refractivity contribution in [3.8, 4) is 5.75 Å². The normalized spacial score (nSPS) is 26.5. The SMILES string of the molecule is O=C1CCC(N2C(=O)c3ccc(N4CC5CCC4CN5CC4CCN(c5ccc([C@@H]6c7ccc(O)cc7CC[C@@H]6c6ccccc6)cc5)CC4)cc3C2=O)C(=O)N1. The van der Waals surface area contributed by atoms with Gasteiger partial charge in [-0.2, -0.15) is 0 Å². The number of nitrogens with one attached hydrogen (secondary N) is 1. The highest BCUT2D eigenvalue weighted by molar-refractivity contribution is 6.23. The highest BCUT2D eigenvalue weighted by atomic mass is 16.3. The molecule has 7 aliphatic rings. The zero-order chi connectivity index (χ0) is 38.8. The zero-order valence-corrected chi connectivity index (χ0v) is 32.2. The molecule has 2 bridgehead atoms. The van der Waals surface area contributed by atoms with Crippen LogP contribution in [-0.4, -0.2) is 89.4 Å². The number of benzene rings is 4. The second-order valence-corrected chi connectivity index (χ2v) is 17.1. The van der Waals surface area contributed by atoms with E-state index in [1.165, 1.54) is 40.8 Å². The van der Waals surface area contributed by atoms with E-state index < -0.39 is 23.8 Å². The Kier molecular flexibility index (Phi) is 9.12. The Morgan fingerprint density at radius 3 is 2.18 bits per heavy atom. The van der Waals surface area contributed by atoms with E-state index in [0.29, 0.717) is 40.8 Å². The number of aryl methyl sites for hydroxylation is 1. The summed E-state index contributed by atoms with van der Waals surface area (Å²) in [7, 11) is 0. The first-order chi connectivity index (χ1) is 27.8. The number of phenols is 1. The molecule has 0 saturated carbocycles. The molecule has 1 aliphatic carbocycles. The van der Waals surface area contributed by atoms with E-state index in [4.69, 9.17) is 0 Å². The first-order valence-electron chi connectivity index (χ1n) is 20.9. The third-order valence-electron chi connectivity index (χ3n) is 13.9. The molecule has 0 radical (unpaired) electrons. The summed E-state index contributed by atoms with van der Waals surface area (Å²) in [5.74, 6) is -0.245. The van der Waals surface area contributed by atoms with Gasteiger partial charge < -0.3 is 14.9 Å². The number of piperidine rings is 4. The molecule has 2 N–H and O–H groups in total. The summed E-state index contributed by atoms with van der Waals surface area (Å²) in [6.45, 7) is 5.09. The van der Waals surface area contributed by atoms with Gasteiger partial charge in [0.05, 0.1) is 11.1 Å². The van der Waals surface area contributed by atoms with Crippen LogP contribution in [0.5, 0.6) is 5.75 Å². The Hall–Kier alpha value is -5.48. The highest BCUT2D eigenvalue weighted by Gasteiger charge is 2.46. The van der Waals surface area contributed by atoms with Crippen molar-refractivity contribution in [2.45, 2.75) is 81.3 Å².